The molecular formula is C19H28F2Si. The molecule has 0 aliphatic heterocycles. The van der Waals surface area contributed by atoms with E-state index in [2.05, 4.69) is 48.1 Å². The fraction of sp³-hybridized carbons (Fsp3) is 0.474. The van der Waals surface area contributed by atoms with Gasteiger partial charge in [-0.1, -0.05) is 65.5 Å². The van der Waals surface area contributed by atoms with Crippen LogP contribution >= 0.6 is 0 Å². The van der Waals surface area contributed by atoms with Crippen molar-refractivity contribution in [2.45, 2.75) is 58.2 Å². The zero-order valence-corrected chi connectivity index (χ0v) is 15.6. The van der Waals surface area contributed by atoms with Crippen LogP contribution in [0.15, 0.2) is 42.4 Å². The lowest BCUT2D eigenvalue weighted by atomic mass is 10.1. The largest absolute Gasteiger partial charge is 0.215 e. The second-order valence-corrected chi connectivity index (χ2v) is 12.8. The van der Waals surface area contributed by atoms with Gasteiger partial charge in [0.25, 0.3) is 0 Å². The molecule has 0 aliphatic rings. The third kappa shape index (κ3) is 3.24. The van der Waals surface area contributed by atoms with Crippen LogP contribution in [-0.4, -0.2) is 8.07 Å². The third-order valence-electron chi connectivity index (χ3n) is 4.98. The van der Waals surface area contributed by atoms with Crippen molar-refractivity contribution in [1.29, 1.82) is 0 Å². The lowest BCUT2D eigenvalue weighted by Crippen LogP contribution is -2.46. The van der Waals surface area contributed by atoms with Crippen LogP contribution in [0.5, 0.6) is 0 Å². The van der Waals surface area contributed by atoms with Gasteiger partial charge in [-0.3, -0.25) is 0 Å². The number of hydrogen-bond donors (Lipinski definition) is 0. The van der Waals surface area contributed by atoms with Crippen molar-refractivity contribution in [1.82, 2.24) is 0 Å². The first-order valence-electron chi connectivity index (χ1n) is 7.95. The molecule has 0 heterocycles. The number of hydrogen-bond acceptors (Lipinski definition) is 0. The molecule has 0 spiro atoms. The summed E-state index contributed by atoms with van der Waals surface area (Å²) >= 11 is 0. The molecule has 0 saturated heterocycles. The van der Waals surface area contributed by atoms with Crippen molar-refractivity contribution < 1.29 is 8.78 Å². The maximum absolute atomic E-state index is 13.7. The van der Waals surface area contributed by atoms with E-state index >= 15 is 0 Å². The SMILES string of the molecule is C=C(/C(=C/F)c1ccc(F)cc1)[Si](C(C)C)(C(C)C)C(C)C. The minimum atomic E-state index is -2.01. The van der Waals surface area contributed by atoms with Gasteiger partial charge in [-0.25, -0.2) is 8.78 Å². The molecule has 122 valence electrons. The van der Waals surface area contributed by atoms with E-state index in [0.717, 1.165) is 5.20 Å². The van der Waals surface area contributed by atoms with Gasteiger partial charge in [0.1, 0.15) is 5.82 Å². The maximum atomic E-state index is 13.7. The molecule has 0 saturated carbocycles. The summed E-state index contributed by atoms with van der Waals surface area (Å²) in [5.41, 5.74) is 2.59. The van der Waals surface area contributed by atoms with Gasteiger partial charge in [0, 0.05) is 5.57 Å². The number of allylic oxidation sites excluding steroid dienone is 2. The second-order valence-electron chi connectivity index (χ2n) is 6.91. The number of benzene rings is 1. The van der Waals surface area contributed by atoms with Crippen LogP contribution in [0.25, 0.3) is 5.57 Å². The molecule has 0 aliphatic carbocycles. The first kappa shape index (κ1) is 18.8. The average molecular weight is 323 g/mol. The molecule has 0 radical (unpaired) electrons. The van der Waals surface area contributed by atoms with Gasteiger partial charge in [0.15, 0.2) is 0 Å². The van der Waals surface area contributed by atoms with Crippen LogP contribution in [0.2, 0.25) is 16.6 Å². The third-order valence-corrected chi connectivity index (χ3v) is 12.0. The molecular weight excluding hydrogens is 294 g/mol. The van der Waals surface area contributed by atoms with E-state index in [1.165, 1.54) is 12.1 Å². The summed E-state index contributed by atoms with van der Waals surface area (Å²) in [5.74, 6) is -0.312. The van der Waals surface area contributed by atoms with Crippen LogP contribution in [0, 0.1) is 5.82 Å². The predicted octanol–water partition coefficient (Wildman–Crippen LogP) is 6.91. The highest BCUT2D eigenvalue weighted by atomic mass is 28.3. The van der Waals surface area contributed by atoms with Crippen molar-refractivity contribution in [3.05, 3.63) is 53.8 Å². The Morgan fingerprint density at radius 3 is 1.68 bits per heavy atom. The Balaban J connectivity index is 3.42. The Morgan fingerprint density at radius 2 is 1.36 bits per heavy atom. The fourth-order valence-electron chi connectivity index (χ4n) is 4.21. The molecule has 0 bridgehead atoms. The minimum Gasteiger partial charge on any atom is -0.215 e. The predicted molar refractivity (Wildman–Crippen MR) is 95.7 cm³/mol. The summed E-state index contributed by atoms with van der Waals surface area (Å²) in [5, 5.41) is 0.932. The topological polar surface area (TPSA) is 0 Å². The highest BCUT2D eigenvalue weighted by Crippen LogP contribution is 2.49. The minimum absolute atomic E-state index is 0.312. The molecule has 0 amide bonds. The van der Waals surface area contributed by atoms with Crippen molar-refractivity contribution in [3.63, 3.8) is 0 Å². The van der Waals surface area contributed by atoms with Crippen LogP contribution in [0.1, 0.15) is 47.1 Å². The summed E-state index contributed by atoms with van der Waals surface area (Å²) < 4.78 is 26.9. The van der Waals surface area contributed by atoms with E-state index in [-0.39, 0.29) is 5.82 Å². The van der Waals surface area contributed by atoms with Crippen molar-refractivity contribution >= 4 is 13.6 Å². The van der Waals surface area contributed by atoms with E-state index in [4.69, 9.17) is 0 Å². The average Bonchev–Trinajstić information content (AvgIpc) is 2.41. The Labute approximate surface area is 135 Å². The first-order chi connectivity index (χ1) is 10.2. The molecule has 0 fully saturated rings. The van der Waals surface area contributed by atoms with Crippen LogP contribution in [-0.2, 0) is 0 Å². The zero-order valence-electron chi connectivity index (χ0n) is 14.6. The molecule has 0 unspecified atom stereocenters. The highest BCUT2D eigenvalue weighted by Gasteiger charge is 2.46. The summed E-state index contributed by atoms with van der Waals surface area (Å²) in [6.07, 6.45) is 0.643. The summed E-state index contributed by atoms with van der Waals surface area (Å²) in [6.45, 7) is 17.6. The monoisotopic (exact) mass is 322 g/mol. The highest BCUT2D eigenvalue weighted by molar-refractivity contribution is 6.91. The van der Waals surface area contributed by atoms with Crippen molar-refractivity contribution in [2.24, 2.45) is 0 Å². The van der Waals surface area contributed by atoms with Gasteiger partial charge in [0.2, 0.25) is 0 Å². The quantitative estimate of drug-likeness (QED) is 0.394. The Kier molecular flexibility index (Phi) is 6.30. The smallest absolute Gasteiger partial charge is 0.123 e. The molecule has 0 N–H and O–H groups in total. The number of halogens is 2. The Bertz CT molecular complexity index is 517. The summed E-state index contributed by atoms with van der Waals surface area (Å²) in [4.78, 5) is 0. The van der Waals surface area contributed by atoms with Gasteiger partial charge in [0.05, 0.1) is 14.4 Å². The van der Waals surface area contributed by atoms with Crippen molar-refractivity contribution in [2.75, 3.05) is 0 Å². The van der Waals surface area contributed by atoms with E-state index in [0.29, 0.717) is 34.1 Å². The fourth-order valence-corrected chi connectivity index (χ4v) is 11.0. The molecule has 1 aromatic rings. The van der Waals surface area contributed by atoms with Gasteiger partial charge in [-0.2, -0.15) is 0 Å². The standard InChI is InChI=1S/C19H28F2Si/c1-13(2)22(14(3)4,15(5)6)16(7)19(12-20)17-8-10-18(21)11-9-17/h8-15H,7H2,1-6H3/b19-12-. The van der Waals surface area contributed by atoms with Gasteiger partial charge in [-0.15, -0.1) is 0 Å². The molecule has 3 heteroatoms. The Morgan fingerprint density at radius 1 is 0.955 bits per heavy atom. The summed E-state index contributed by atoms with van der Waals surface area (Å²) in [6, 6.07) is 6.00. The van der Waals surface area contributed by atoms with E-state index in [1.54, 1.807) is 12.1 Å². The lowest BCUT2D eigenvalue weighted by Gasteiger charge is -2.45. The first-order valence-corrected chi connectivity index (χ1v) is 10.2. The zero-order chi connectivity index (χ0) is 17.1. The second kappa shape index (κ2) is 7.36. The normalized spacial score (nSPS) is 13.3. The molecule has 1 rings (SSSR count). The summed E-state index contributed by atoms with van der Waals surface area (Å²) in [7, 11) is -2.01. The van der Waals surface area contributed by atoms with Gasteiger partial charge in [-0.05, 0) is 34.3 Å². The Hall–Kier alpha value is -1.22. The lowest BCUT2D eigenvalue weighted by molar-refractivity contribution is 0.627. The molecule has 22 heavy (non-hydrogen) atoms. The van der Waals surface area contributed by atoms with Crippen molar-refractivity contribution in [3.8, 4) is 0 Å². The van der Waals surface area contributed by atoms with E-state index in [9.17, 15) is 8.78 Å². The molecule has 0 atom stereocenters. The van der Waals surface area contributed by atoms with Crippen LogP contribution in [0.4, 0.5) is 8.78 Å². The molecule has 1 aromatic carbocycles. The maximum Gasteiger partial charge on any atom is 0.123 e. The van der Waals surface area contributed by atoms with Crippen LogP contribution < -0.4 is 0 Å². The van der Waals surface area contributed by atoms with E-state index in [1.807, 2.05) is 0 Å². The number of rotatable bonds is 6. The van der Waals surface area contributed by atoms with Crippen LogP contribution in [0.3, 0.4) is 0 Å². The molecule has 0 aromatic heterocycles. The van der Waals surface area contributed by atoms with Gasteiger partial charge < -0.3 is 0 Å². The van der Waals surface area contributed by atoms with E-state index < -0.39 is 8.07 Å². The van der Waals surface area contributed by atoms with Gasteiger partial charge >= 0.3 is 0 Å². The molecule has 0 nitrogen and oxygen atoms in total.